The highest BCUT2D eigenvalue weighted by molar-refractivity contribution is 6.06. The molecule has 3 heterocycles. The molecule has 3 aromatic rings. The van der Waals surface area contributed by atoms with Crippen molar-refractivity contribution in [2.75, 3.05) is 29.9 Å². The van der Waals surface area contributed by atoms with E-state index in [2.05, 4.69) is 39.2 Å². The van der Waals surface area contributed by atoms with Crippen molar-refractivity contribution >= 4 is 34.2 Å². The van der Waals surface area contributed by atoms with Gasteiger partial charge in [0.15, 0.2) is 0 Å². The van der Waals surface area contributed by atoms with Gasteiger partial charge < -0.3 is 20.3 Å². The van der Waals surface area contributed by atoms with E-state index < -0.39 is 12.1 Å². The molecule has 2 aromatic carbocycles. The SMILES string of the molecule is CC1CCCN1C1CCN(c2ccc(NC(=O)c3cc4ccccc4[nH]3)cc2)C1.O=C(O)C(F)(F)F. The van der Waals surface area contributed by atoms with Gasteiger partial charge in [0.05, 0.1) is 0 Å². The standard InChI is InChI=1S/C24H28N4O.C2HF3O2/c1-17-5-4-13-28(17)21-12-14-27(16-21)20-10-8-19(9-11-20)25-24(29)23-15-18-6-2-3-7-22(18)26-23;3-2(4,5)1(6)7/h2-3,6-11,15,17,21,26H,4-5,12-14,16H2,1H3,(H,25,29);(H,6,7). The molecule has 2 aliphatic heterocycles. The van der Waals surface area contributed by atoms with Gasteiger partial charge in [0.25, 0.3) is 5.91 Å². The zero-order valence-electron chi connectivity index (χ0n) is 19.9. The summed E-state index contributed by atoms with van der Waals surface area (Å²) < 4.78 is 31.7. The van der Waals surface area contributed by atoms with Crippen LogP contribution in [-0.4, -0.2) is 64.8 Å². The van der Waals surface area contributed by atoms with E-state index in [1.54, 1.807) is 0 Å². The van der Waals surface area contributed by atoms with Gasteiger partial charge >= 0.3 is 12.1 Å². The molecular weight excluding hydrogens is 473 g/mol. The van der Waals surface area contributed by atoms with Gasteiger partial charge in [-0.25, -0.2) is 4.79 Å². The van der Waals surface area contributed by atoms with Crippen LogP contribution in [0.4, 0.5) is 24.5 Å². The predicted octanol–water partition coefficient (Wildman–Crippen LogP) is 5.12. The molecule has 0 saturated carbocycles. The largest absolute Gasteiger partial charge is 0.490 e. The predicted molar refractivity (Wildman–Crippen MR) is 132 cm³/mol. The average Bonchev–Trinajstić information content (AvgIpc) is 3.58. The smallest absolute Gasteiger partial charge is 0.475 e. The van der Waals surface area contributed by atoms with Crippen LogP contribution in [0.3, 0.4) is 0 Å². The van der Waals surface area contributed by atoms with Crippen LogP contribution in [0, 0.1) is 0 Å². The third-order valence-electron chi connectivity index (χ3n) is 6.74. The summed E-state index contributed by atoms with van der Waals surface area (Å²) in [5.74, 6) is -2.87. The molecule has 36 heavy (non-hydrogen) atoms. The fraction of sp³-hybridized carbons (Fsp3) is 0.385. The minimum absolute atomic E-state index is 0.113. The normalized spacial score (nSPS) is 20.3. The highest BCUT2D eigenvalue weighted by Crippen LogP contribution is 2.29. The Balaban J connectivity index is 0.000000384. The minimum atomic E-state index is -5.08. The van der Waals surface area contributed by atoms with Crippen LogP contribution in [0.15, 0.2) is 54.6 Å². The first-order valence-corrected chi connectivity index (χ1v) is 11.9. The van der Waals surface area contributed by atoms with Crippen molar-refractivity contribution in [3.05, 3.63) is 60.3 Å². The number of aromatic amines is 1. The van der Waals surface area contributed by atoms with Crippen LogP contribution in [0.5, 0.6) is 0 Å². The summed E-state index contributed by atoms with van der Waals surface area (Å²) in [7, 11) is 0. The summed E-state index contributed by atoms with van der Waals surface area (Å²) in [6, 6.07) is 19.5. The van der Waals surface area contributed by atoms with Crippen molar-refractivity contribution in [2.24, 2.45) is 0 Å². The van der Waals surface area contributed by atoms with E-state index in [0.29, 0.717) is 11.7 Å². The summed E-state index contributed by atoms with van der Waals surface area (Å²) in [6.45, 7) is 5.82. The lowest BCUT2D eigenvalue weighted by Gasteiger charge is -2.28. The van der Waals surface area contributed by atoms with Gasteiger partial charge in [0.2, 0.25) is 0 Å². The molecule has 0 bridgehead atoms. The molecule has 2 aliphatic rings. The van der Waals surface area contributed by atoms with E-state index in [9.17, 15) is 18.0 Å². The number of fused-ring (bicyclic) bond motifs is 1. The highest BCUT2D eigenvalue weighted by Gasteiger charge is 2.38. The Kier molecular flexibility index (Phi) is 7.53. The number of aliphatic carboxylic acids is 1. The maximum Gasteiger partial charge on any atom is 0.490 e. The first-order valence-electron chi connectivity index (χ1n) is 11.9. The number of carbonyl (C=O) groups is 2. The maximum absolute atomic E-state index is 12.6. The van der Waals surface area contributed by atoms with Crippen LogP contribution in [0.2, 0.25) is 0 Å². The molecule has 2 atom stereocenters. The summed E-state index contributed by atoms with van der Waals surface area (Å²) in [5.41, 5.74) is 3.62. The second-order valence-electron chi connectivity index (χ2n) is 9.19. The Hall–Kier alpha value is -3.53. The summed E-state index contributed by atoms with van der Waals surface area (Å²) in [6.07, 6.45) is -1.17. The number of para-hydroxylation sites is 1. The number of benzene rings is 2. The number of anilines is 2. The number of amides is 1. The molecule has 2 fully saturated rings. The zero-order chi connectivity index (χ0) is 25.9. The zero-order valence-corrected chi connectivity index (χ0v) is 19.9. The van der Waals surface area contributed by atoms with E-state index >= 15 is 0 Å². The molecule has 2 saturated heterocycles. The number of hydrogen-bond acceptors (Lipinski definition) is 4. The van der Waals surface area contributed by atoms with Gasteiger partial charge in [-0.1, -0.05) is 18.2 Å². The lowest BCUT2D eigenvalue weighted by molar-refractivity contribution is -0.192. The quantitative estimate of drug-likeness (QED) is 0.461. The van der Waals surface area contributed by atoms with Gasteiger partial charge in [0, 0.05) is 47.5 Å². The second-order valence-corrected chi connectivity index (χ2v) is 9.19. The van der Waals surface area contributed by atoms with Crippen LogP contribution < -0.4 is 10.2 Å². The van der Waals surface area contributed by atoms with E-state index in [1.165, 1.54) is 31.5 Å². The Labute approximate surface area is 206 Å². The number of carboxylic acids is 1. The lowest BCUT2D eigenvalue weighted by Crippen LogP contribution is -2.39. The number of hydrogen-bond donors (Lipinski definition) is 3. The van der Waals surface area contributed by atoms with Crippen molar-refractivity contribution in [2.45, 2.75) is 44.4 Å². The number of nitrogens with zero attached hydrogens (tertiary/aromatic N) is 2. The van der Waals surface area contributed by atoms with Crippen LogP contribution >= 0.6 is 0 Å². The number of H-pyrrole nitrogens is 1. The molecule has 0 spiro atoms. The van der Waals surface area contributed by atoms with Gasteiger partial charge in [-0.3, -0.25) is 9.69 Å². The minimum Gasteiger partial charge on any atom is -0.475 e. The fourth-order valence-electron chi connectivity index (χ4n) is 4.89. The van der Waals surface area contributed by atoms with Gasteiger partial charge in [-0.05, 0) is 69.1 Å². The number of rotatable bonds is 4. The van der Waals surface area contributed by atoms with Crippen molar-refractivity contribution in [1.82, 2.24) is 9.88 Å². The van der Waals surface area contributed by atoms with Gasteiger partial charge in [0.1, 0.15) is 5.69 Å². The Bertz CT molecular complexity index is 1180. The van der Waals surface area contributed by atoms with E-state index in [4.69, 9.17) is 9.90 Å². The number of aromatic nitrogens is 1. The summed E-state index contributed by atoms with van der Waals surface area (Å²) in [4.78, 5) is 29.8. The van der Waals surface area contributed by atoms with Crippen molar-refractivity contribution in [1.29, 1.82) is 0 Å². The number of alkyl halides is 3. The average molecular weight is 503 g/mol. The Morgan fingerprint density at radius 3 is 2.36 bits per heavy atom. The monoisotopic (exact) mass is 502 g/mol. The molecule has 1 amide bonds. The lowest BCUT2D eigenvalue weighted by atomic mass is 10.2. The topological polar surface area (TPSA) is 88.7 Å². The van der Waals surface area contributed by atoms with Crippen molar-refractivity contribution in [3.8, 4) is 0 Å². The van der Waals surface area contributed by atoms with Crippen molar-refractivity contribution in [3.63, 3.8) is 0 Å². The van der Waals surface area contributed by atoms with E-state index in [1.807, 2.05) is 42.5 Å². The van der Waals surface area contributed by atoms with Gasteiger partial charge in [-0.15, -0.1) is 0 Å². The molecule has 5 rings (SSSR count). The van der Waals surface area contributed by atoms with E-state index in [0.717, 1.165) is 35.7 Å². The fourth-order valence-corrected chi connectivity index (χ4v) is 4.89. The molecule has 10 heteroatoms. The summed E-state index contributed by atoms with van der Waals surface area (Å²) >= 11 is 0. The third kappa shape index (κ3) is 5.99. The first-order chi connectivity index (χ1) is 17.1. The highest BCUT2D eigenvalue weighted by atomic mass is 19.4. The second kappa shape index (κ2) is 10.6. The van der Waals surface area contributed by atoms with E-state index in [-0.39, 0.29) is 5.91 Å². The van der Waals surface area contributed by atoms with Crippen LogP contribution in [0.25, 0.3) is 10.9 Å². The number of carboxylic acid groups (broad SMARTS) is 1. The molecule has 1 aromatic heterocycles. The molecule has 0 radical (unpaired) electrons. The molecule has 3 N–H and O–H groups in total. The van der Waals surface area contributed by atoms with Crippen molar-refractivity contribution < 1.29 is 27.9 Å². The maximum atomic E-state index is 12.6. The summed E-state index contributed by atoms with van der Waals surface area (Å²) in [5, 5.41) is 11.2. The van der Waals surface area contributed by atoms with Crippen LogP contribution in [0.1, 0.15) is 36.7 Å². The number of carbonyl (C=O) groups excluding carboxylic acids is 1. The third-order valence-corrected chi connectivity index (χ3v) is 6.74. The molecule has 0 aliphatic carbocycles. The number of nitrogens with one attached hydrogen (secondary N) is 2. The number of halogens is 3. The Morgan fingerprint density at radius 2 is 1.75 bits per heavy atom. The first kappa shape index (κ1) is 25.6. The molecule has 192 valence electrons. The molecule has 7 nitrogen and oxygen atoms in total. The molecular formula is C26H29F3N4O3. The molecule has 2 unspecified atom stereocenters. The van der Waals surface area contributed by atoms with Gasteiger partial charge in [-0.2, -0.15) is 13.2 Å². The number of likely N-dealkylation sites (tertiary alicyclic amines) is 1. The Morgan fingerprint density at radius 1 is 1.06 bits per heavy atom. The van der Waals surface area contributed by atoms with Crippen LogP contribution in [-0.2, 0) is 4.79 Å².